The van der Waals surface area contributed by atoms with Crippen LogP contribution in [-0.4, -0.2) is 56.3 Å². The quantitative estimate of drug-likeness (QED) is 0.176. The summed E-state index contributed by atoms with van der Waals surface area (Å²) in [7, 11) is -3.61. The van der Waals surface area contributed by atoms with Crippen LogP contribution in [0.25, 0.3) is 0 Å². The first-order valence-corrected chi connectivity index (χ1v) is 27.5. The van der Waals surface area contributed by atoms with Crippen LogP contribution in [0.4, 0.5) is 0 Å². The molecule has 11 atom stereocenters. The maximum Gasteiger partial charge on any atom is 0.305 e. The van der Waals surface area contributed by atoms with Crippen LogP contribution in [0.15, 0.2) is 0 Å². The van der Waals surface area contributed by atoms with E-state index in [1.54, 1.807) is 0 Å². The van der Waals surface area contributed by atoms with Gasteiger partial charge in [-0.15, -0.1) is 0 Å². The molecule has 0 radical (unpaired) electrons. The smallest absolute Gasteiger partial charge is 0.305 e. The molecule has 0 saturated heterocycles. The molecule has 5 nitrogen and oxygen atoms in total. The van der Waals surface area contributed by atoms with E-state index >= 15 is 0 Å². The fourth-order valence-electron chi connectivity index (χ4n) is 10.5. The van der Waals surface area contributed by atoms with Crippen LogP contribution in [0, 0.1) is 46.3 Å². The molecule has 0 amide bonds. The third-order valence-electron chi connectivity index (χ3n) is 12.0. The highest BCUT2D eigenvalue weighted by atomic mass is 28.4. The van der Waals surface area contributed by atoms with E-state index in [0.717, 1.165) is 6.42 Å². The van der Waals surface area contributed by atoms with Crippen LogP contribution in [0.3, 0.4) is 0 Å². The van der Waals surface area contributed by atoms with E-state index in [2.05, 4.69) is 79.7 Å². The number of methoxy groups -OCH3 is 1. The van der Waals surface area contributed by atoms with Crippen LogP contribution < -0.4 is 0 Å². The predicted octanol–water partition coefficient (Wildman–Crippen LogP) is 9.11. The lowest BCUT2D eigenvalue weighted by Crippen LogP contribution is -2.64. The predicted molar refractivity (Wildman–Crippen MR) is 181 cm³/mol. The Morgan fingerprint density at radius 1 is 0.810 bits per heavy atom. The molecule has 0 N–H and O–H groups in total. The van der Waals surface area contributed by atoms with E-state index in [4.69, 9.17) is 18.0 Å². The molecule has 4 aliphatic rings. The van der Waals surface area contributed by atoms with Gasteiger partial charge in [-0.2, -0.15) is 0 Å². The largest absolute Gasteiger partial charge is 0.469 e. The highest BCUT2D eigenvalue weighted by Crippen LogP contribution is 2.69. The zero-order valence-corrected chi connectivity index (χ0v) is 32.6. The van der Waals surface area contributed by atoms with Crippen molar-refractivity contribution in [3.63, 3.8) is 0 Å². The molecule has 0 spiro atoms. The summed E-state index contributed by atoms with van der Waals surface area (Å²) in [4.78, 5) is 12.1. The first-order chi connectivity index (χ1) is 19.2. The first kappa shape index (κ1) is 34.9. The van der Waals surface area contributed by atoms with Crippen molar-refractivity contribution in [2.45, 2.75) is 156 Å². The van der Waals surface area contributed by atoms with Crippen LogP contribution >= 0.6 is 0 Å². The Kier molecular flexibility index (Phi) is 10.2. The molecule has 0 aromatic heterocycles. The summed E-state index contributed by atoms with van der Waals surface area (Å²) >= 11 is 0. The molecule has 4 rings (SSSR count). The number of hydrogen-bond donors (Lipinski definition) is 0. The fourth-order valence-corrected chi connectivity index (χ4v) is 14.1. The lowest BCUT2D eigenvalue weighted by molar-refractivity contribution is -0.199. The van der Waals surface area contributed by atoms with Gasteiger partial charge in [-0.05, 0) is 157 Å². The normalized spacial score (nSPS) is 41.5. The number of ether oxygens (including phenoxy) is 1. The number of rotatable bonds is 10. The van der Waals surface area contributed by atoms with Crippen molar-refractivity contribution in [2.75, 3.05) is 7.11 Å². The minimum Gasteiger partial charge on any atom is -0.469 e. The second-order valence-corrected chi connectivity index (χ2v) is 31.6. The van der Waals surface area contributed by atoms with Crippen LogP contribution in [0.1, 0.15) is 78.6 Å². The van der Waals surface area contributed by atoms with Gasteiger partial charge in [0, 0.05) is 18.6 Å². The van der Waals surface area contributed by atoms with Gasteiger partial charge in [0.1, 0.15) is 0 Å². The third kappa shape index (κ3) is 7.35. The van der Waals surface area contributed by atoms with Gasteiger partial charge < -0.3 is 18.0 Å². The third-order valence-corrected chi connectivity index (χ3v) is 15.0. The molecular weight excluding hydrogens is 573 g/mol. The Bertz CT molecular complexity index is 954. The summed E-state index contributed by atoms with van der Waals surface area (Å²) in [5, 5.41) is 0. The van der Waals surface area contributed by atoms with Crippen LogP contribution in [0.2, 0.25) is 58.9 Å². The van der Waals surface area contributed by atoms with E-state index in [-0.39, 0.29) is 17.5 Å². The van der Waals surface area contributed by atoms with Gasteiger partial charge in [0.15, 0.2) is 25.0 Å². The minimum absolute atomic E-state index is 0.0799. The van der Waals surface area contributed by atoms with Crippen molar-refractivity contribution in [3.8, 4) is 0 Å². The zero-order chi connectivity index (χ0) is 31.5. The molecule has 244 valence electrons. The minimum atomic E-state index is -1.79. The average Bonchev–Trinajstić information content (AvgIpc) is 3.19. The zero-order valence-electron chi connectivity index (χ0n) is 29.6. The van der Waals surface area contributed by atoms with E-state index in [1.165, 1.54) is 52.1 Å². The van der Waals surface area contributed by atoms with Gasteiger partial charge in [0.05, 0.1) is 13.2 Å². The Morgan fingerprint density at radius 3 is 2.00 bits per heavy atom. The van der Waals surface area contributed by atoms with E-state index in [0.29, 0.717) is 59.6 Å². The second kappa shape index (κ2) is 12.3. The van der Waals surface area contributed by atoms with E-state index in [9.17, 15) is 4.79 Å². The summed E-state index contributed by atoms with van der Waals surface area (Å²) in [5.41, 5.74) is 0.430. The SMILES string of the molecule is COC(=O)CC[C@@H](C)C1CCC2C3C(C[C@H](O[Si](C)(C)C)[C@@]21C)[C@@]1(C)CC[C@@H](O[Si](C)(C)C)CC1C[C@@H]3O[Si](C)(C)C. The molecule has 0 bridgehead atoms. The monoisotopic (exact) mass is 638 g/mol. The summed E-state index contributed by atoms with van der Waals surface area (Å²) in [5.74, 6) is 3.45. The van der Waals surface area contributed by atoms with Crippen molar-refractivity contribution >= 4 is 30.9 Å². The maximum absolute atomic E-state index is 12.1. The number of carbonyl (C=O) groups is 1. The summed E-state index contributed by atoms with van der Waals surface area (Å²) < 4.78 is 26.4. The molecule has 4 aliphatic carbocycles. The lowest BCUT2D eigenvalue weighted by Gasteiger charge is -2.66. The highest BCUT2D eigenvalue weighted by Gasteiger charge is 2.67. The molecule has 0 aromatic rings. The Morgan fingerprint density at radius 2 is 1.43 bits per heavy atom. The van der Waals surface area contributed by atoms with Gasteiger partial charge >= 0.3 is 5.97 Å². The Balaban J connectivity index is 1.72. The van der Waals surface area contributed by atoms with Gasteiger partial charge in [-0.3, -0.25) is 4.79 Å². The first-order valence-electron chi connectivity index (χ1n) is 17.3. The van der Waals surface area contributed by atoms with E-state index in [1.807, 2.05) is 0 Å². The molecule has 0 aromatic carbocycles. The number of carbonyl (C=O) groups excluding carboxylic acids is 1. The molecule has 5 unspecified atom stereocenters. The van der Waals surface area contributed by atoms with Gasteiger partial charge in [-0.1, -0.05) is 20.8 Å². The number of esters is 1. The molecule has 0 heterocycles. The topological polar surface area (TPSA) is 54.0 Å². The van der Waals surface area contributed by atoms with Crippen LogP contribution in [0.5, 0.6) is 0 Å². The molecule has 8 heteroatoms. The summed E-state index contributed by atoms with van der Waals surface area (Å²) in [6, 6.07) is 0. The average molecular weight is 639 g/mol. The van der Waals surface area contributed by atoms with Crippen molar-refractivity contribution in [2.24, 2.45) is 46.3 Å². The Hall–Kier alpha value is 0.000649. The fraction of sp³-hybridized carbons (Fsp3) is 0.971. The highest BCUT2D eigenvalue weighted by molar-refractivity contribution is 6.70. The molecule has 0 aliphatic heterocycles. The number of hydrogen-bond acceptors (Lipinski definition) is 5. The number of fused-ring (bicyclic) bond motifs is 5. The molecule has 4 fully saturated rings. The van der Waals surface area contributed by atoms with Crippen molar-refractivity contribution in [3.05, 3.63) is 0 Å². The molecular formula is C34H66O5Si3. The van der Waals surface area contributed by atoms with Gasteiger partial charge in [0.25, 0.3) is 0 Å². The van der Waals surface area contributed by atoms with Crippen molar-refractivity contribution < 1.29 is 22.8 Å². The van der Waals surface area contributed by atoms with Gasteiger partial charge in [0.2, 0.25) is 0 Å². The Labute approximate surface area is 262 Å². The maximum atomic E-state index is 12.1. The standard InChI is InChI=1S/C34H66O5Si3/c1-23(14-17-31(35)36-4)26-15-16-27-32-28(22-30(34(26,27)3)39-42(11,12)13)33(2)19-18-25(37-40(5,6)7)20-24(33)21-29(32)38-41(8,9)10/h23-30,32H,14-22H2,1-13H3/t23-,24?,25-,26?,27?,28?,29+,30+,32?,33+,34-/m1/s1. The molecule has 4 saturated carbocycles. The van der Waals surface area contributed by atoms with Gasteiger partial charge in [-0.25, -0.2) is 0 Å². The van der Waals surface area contributed by atoms with Crippen molar-refractivity contribution in [1.82, 2.24) is 0 Å². The van der Waals surface area contributed by atoms with E-state index < -0.39 is 25.0 Å². The lowest BCUT2D eigenvalue weighted by atomic mass is 9.43. The second-order valence-electron chi connectivity index (χ2n) is 18.2. The van der Waals surface area contributed by atoms with Crippen LogP contribution in [-0.2, 0) is 22.8 Å². The molecule has 42 heavy (non-hydrogen) atoms. The van der Waals surface area contributed by atoms with Crippen molar-refractivity contribution in [1.29, 1.82) is 0 Å². The summed E-state index contributed by atoms with van der Waals surface area (Å²) in [6.07, 6.45) is 11.0. The summed E-state index contributed by atoms with van der Waals surface area (Å²) in [6.45, 7) is 29.0.